The number of para-hydroxylation sites is 8. The standard InChI is InChI=1S/C78H46N4O2/c1-9-28-65-53(20-1)54-21-2-10-29-66(54)79(65)51-43-63-61-41-49(36-38-75(61)83-77(63)73(45-51)81-69-32-13-5-24-57(69)58-25-6-14-33-70(58)81)47-18-17-19-48(40-47)50-37-39-76-62(42-50)64-44-52(80-67-30-11-3-22-55(67)56-23-4-12-31-68(56)80)46-74(78(64)84-76)82-71-34-15-7-26-59(71)60-27-8-16-35-72(60)82/h1-46H. The second kappa shape index (κ2) is 17.1. The molecule has 19 aromatic rings. The van der Waals surface area contributed by atoms with Crippen LogP contribution in [0.25, 0.3) is 176 Å². The smallest absolute Gasteiger partial charge is 0.159 e. The summed E-state index contributed by atoms with van der Waals surface area (Å²) in [6, 6.07) is 101. The lowest BCUT2D eigenvalue weighted by atomic mass is 9.97. The van der Waals surface area contributed by atoms with Crippen LogP contribution in [0.15, 0.2) is 288 Å². The molecule has 0 spiro atoms. The maximum atomic E-state index is 7.11. The van der Waals surface area contributed by atoms with Crippen molar-refractivity contribution < 1.29 is 8.83 Å². The molecule has 84 heavy (non-hydrogen) atoms. The Kier molecular flexibility index (Phi) is 9.24. The molecule has 0 fully saturated rings. The highest BCUT2D eigenvalue weighted by molar-refractivity contribution is 6.17. The molecule has 0 aliphatic carbocycles. The molecular formula is C78H46N4O2. The SMILES string of the molecule is c1cc(-c2ccc3oc4c(-n5c6ccccc6c6ccccc65)cc(-n5c6ccccc6c6ccccc65)cc4c3c2)cc(-c2ccc3oc4c(-n5c6ccccc6c6ccccc65)cc(-n5c6ccccc6c6ccccc65)cc4c3c2)c1. The Bertz CT molecular complexity index is 5430. The number of rotatable bonds is 6. The van der Waals surface area contributed by atoms with Gasteiger partial charge in [0.2, 0.25) is 0 Å². The van der Waals surface area contributed by atoms with Crippen LogP contribution in [0.2, 0.25) is 0 Å². The molecule has 0 unspecified atom stereocenters. The lowest BCUT2D eigenvalue weighted by Gasteiger charge is -2.14. The van der Waals surface area contributed by atoms with Crippen molar-refractivity contribution >= 4 is 131 Å². The molecule has 0 saturated heterocycles. The van der Waals surface area contributed by atoms with E-state index in [0.717, 1.165) is 133 Å². The average molecular weight is 1070 g/mol. The van der Waals surface area contributed by atoms with Crippen LogP contribution in [0, 0.1) is 0 Å². The summed E-state index contributed by atoms with van der Waals surface area (Å²) >= 11 is 0. The fraction of sp³-hybridized carbons (Fsp3) is 0. The second-order valence-corrected chi connectivity index (χ2v) is 22.4. The van der Waals surface area contributed by atoms with Gasteiger partial charge in [-0.3, -0.25) is 0 Å². The van der Waals surface area contributed by atoms with Crippen LogP contribution >= 0.6 is 0 Å². The fourth-order valence-corrected chi connectivity index (χ4v) is 14.3. The first-order valence-electron chi connectivity index (χ1n) is 28.7. The largest absolute Gasteiger partial charge is 0.454 e. The van der Waals surface area contributed by atoms with Gasteiger partial charge in [-0.1, -0.05) is 176 Å². The number of benzene rings is 13. The Hall–Kier alpha value is -11.3. The van der Waals surface area contributed by atoms with Crippen LogP contribution in [0.3, 0.4) is 0 Å². The first kappa shape index (κ1) is 45.4. The summed E-state index contributed by atoms with van der Waals surface area (Å²) in [5.41, 5.74) is 21.1. The van der Waals surface area contributed by atoms with Crippen LogP contribution < -0.4 is 0 Å². The van der Waals surface area contributed by atoms with Gasteiger partial charge >= 0.3 is 0 Å². The van der Waals surface area contributed by atoms with E-state index in [9.17, 15) is 0 Å². The van der Waals surface area contributed by atoms with Gasteiger partial charge in [0, 0.05) is 76.0 Å². The van der Waals surface area contributed by atoms with Crippen molar-refractivity contribution in [2.45, 2.75) is 0 Å². The Morgan fingerprint density at radius 3 is 0.774 bits per heavy atom. The van der Waals surface area contributed by atoms with Crippen molar-refractivity contribution in [2.75, 3.05) is 0 Å². The number of hydrogen-bond donors (Lipinski definition) is 0. The van der Waals surface area contributed by atoms with Crippen LogP contribution in [-0.2, 0) is 0 Å². The first-order valence-corrected chi connectivity index (χ1v) is 28.7. The summed E-state index contributed by atoms with van der Waals surface area (Å²) < 4.78 is 23.9. The molecule has 6 heterocycles. The minimum atomic E-state index is 0.837. The zero-order valence-electron chi connectivity index (χ0n) is 45.2. The molecule has 0 aliphatic heterocycles. The van der Waals surface area contributed by atoms with Gasteiger partial charge in [0.1, 0.15) is 11.2 Å². The molecule has 0 atom stereocenters. The van der Waals surface area contributed by atoms with Gasteiger partial charge in [-0.2, -0.15) is 0 Å². The molecule has 6 nitrogen and oxygen atoms in total. The number of aromatic nitrogens is 4. The maximum absolute atomic E-state index is 7.11. The Morgan fingerprint density at radius 2 is 0.464 bits per heavy atom. The minimum Gasteiger partial charge on any atom is -0.454 e. The maximum Gasteiger partial charge on any atom is 0.159 e. The third kappa shape index (κ3) is 6.33. The van der Waals surface area contributed by atoms with E-state index in [1.165, 1.54) is 43.1 Å². The molecule has 13 aromatic carbocycles. The normalized spacial score (nSPS) is 12.3. The number of furan rings is 2. The van der Waals surface area contributed by atoms with E-state index in [0.29, 0.717) is 0 Å². The molecule has 0 bridgehead atoms. The molecule has 0 amide bonds. The highest BCUT2D eigenvalue weighted by Gasteiger charge is 2.25. The molecule has 0 aliphatic rings. The van der Waals surface area contributed by atoms with E-state index in [4.69, 9.17) is 8.83 Å². The van der Waals surface area contributed by atoms with Gasteiger partial charge in [-0.15, -0.1) is 0 Å². The Balaban J connectivity index is 0.805. The number of fused-ring (bicyclic) bond motifs is 18. The third-order valence-corrected chi connectivity index (χ3v) is 17.9. The summed E-state index contributed by atoms with van der Waals surface area (Å²) in [4.78, 5) is 0. The summed E-state index contributed by atoms with van der Waals surface area (Å²) in [6.45, 7) is 0. The highest BCUT2D eigenvalue weighted by atomic mass is 16.3. The van der Waals surface area contributed by atoms with Crippen molar-refractivity contribution in [3.8, 4) is 45.0 Å². The van der Waals surface area contributed by atoms with Crippen molar-refractivity contribution in [1.82, 2.24) is 18.3 Å². The molecular weight excluding hydrogens is 1020 g/mol. The predicted molar refractivity (Wildman–Crippen MR) is 349 cm³/mol. The monoisotopic (exact) mass is 1070 g/mol. The molecule has 0 radical (unpaired) electrons. The molecule has 6 aromatic heterocycles. The summed E-state index contributed by atoms with van der Waals surface area (Å²) in [5, 5.41) is 13.9. The Morgan fingerprint density at radius 1 is 0.190 bits per heavy atom. The zero-order valence-corrected chi connectivity index (χ0v) is 45.2. The van der Waals surface area contributed by atoms with E-state index in [1.54, 1.807) is 0 Å². The molecule has 390 valence electrons. The molecule has 19 rings (SSSR count). The van der Waals surface area contributed by atoms with Gasteiger partial charge in [0.05, 0.1) is 55.5 Å². The lowest BCUT2D eigenvalue weighted by Crippen LogP contribution is -1.99. The highest BCUT2D eigenvalue weighted by Crippen LogP contribution is 2.45. The van der Waals surface area contributed by atoms with E-state index in [-0.39, 0.29) is 0 Å². The quantitative estimate of drug-likeness (QED) is 0.167. The Labute approximate surface area is 479 Å². The number of hydrogen-bond acceptors (Lipinski definition) is 2. The summed E-state index contributed by atoms with van der Waals surface area (Å²) in [6.07, 6.45) is 0. The van der Waals surface area contributed by atoms with Crippen LogP contribution in [0.4, 0.5) is 0 Å². The van der Waals surface area contributed by atoms with Gasteiger partial charge in [-0.25, -0.2) is 0 Å². The van der Waals surface area contributed by atoms with Crippen molar-refractivity contribution in [3.63, 3.8) is 0 Å². The topological polar surface area (TPSA) is 46.0 Å². The van der Waals surface area contributed by atoms with E-state index in [1.807, 2.05) is 0 Å². The molecule has 0 N–H and O–H groups in total. The zero-order chi connectivity index (χ0) is 54.7. The van der Waals surface area contributed by atoms with Crippen LogP contribution in [-0.4, -0.2) is 18.3 Å². The van der Waals surface area contributed by atoms with Crippen molar-refractivity contribution in [3.05, 3.63) is 279 Å². The fourth-order valence-electron chi connectivity index (χ4n) is 14.3. The lowest BCUT2D eigenvalue weighted by molar-refractivity contribution is 0.666. The molecule has 6 heteroatoms. The first-order chi connectivity index (χ1) is 41.7. The minimum absolute atomic E-state index is 0.837. The van der Waals surface area contributed by atoms with Gasteiger partial charge in [0.15, 0.2) is 11.2 Å². The third-order valence-electron chi connectivity index (χ3n) is 17.9. The summed E-state index contributed by atoms with van der Waals surface area (Å²) in [5.74, 6) is 0. The average Bonchev–Trinajstić information content (AvgIpc) is 2.22. The van der Waals surface area contributed by atoms with E-state index < -0.39 is 0 Å². The van der Waals surface area contributed by atoms with Crippen molar-refractivity contribution in [2.24, 2.45) is 0 Å². The number of nitrogens with zero attached hydrogens (tertiary/aromatic N) is 4. The van der Waals surface area contributed by atoms with Gasteiger partial charge in [-0.05, 0) is 125 Å². The second-order valence-electron chi connectivity index (χ2n) is 22.4. The van der Waals surface area contributed by atoms with Crippen molar-refractivity contribution in [1.29, 1.82) is 0 Å². The predicted octanol–water partition coefficient (Wildman–Crippen LogP) is 21.2. The summed E-state index contributed by atoms with van der Waals surface area (Å²) in [7, 11) is 0. The van der Waals surface area contributed by atoms with Crippen LogP contribution in [0.5, 0.6) is 0 Å². The molecule has 0 saturated carbocycles. The van der Waals surface area contributed by atoms with Gasteiger partial charge in [0.25, 0.3) is 0 Å². The van der Waals surface area contributed by atoms with Crippen LogP contribution in [0.1, 0.15) is 0 Å². The van der Waals surface area contributed by atoms with E-state index in [2.05, 4.69) is 297 Å². The van der Waals surface area contributed by atoms with Gasteiger partial charge < -0.3 is 27.1 Å². The van der Waals surface area contributed by atoms with E-state index >= 15 is 0 Å².